The van der Waals surface area contributed by atoms with E-state index in [-0.39, 0.29) is 6.61 Å². The van der Waals surface area contributed by atoms with Gasteiger partial charge in [0.25, 0.3) is 0 Å². The van der Waals surface area contributed by atoms with E-state index in [9.17, 15) is 0 Å². The molecule has 1 heterocycles. The fourth-order valence-corrected chi connectivity index (χ4v) is 1.58. The molecule has 0 fully saturated rings. The Kier molecular flexibility index (Phi) is 3.75. The number of nitrogens with one attached hydrogen (secondary N) is 1. The Morgan fingerprint density at radius 1 is 1.06 bits per heavy atom. The first kappa shape index (κ1) is 10.9. The van der Waals surface area contributed by atoms with Crippen molar-refractivity contribution in [3.8, 4) is 0 Å². The van der Waals surface area contributed by atoms with E-state index in [0.29, 0.717) is 0 Å². The molecule has 0 radical (unpaired) electrons. The van der Waals surface area contributed by atoms with Crippen LogP contribution in [0.25, 0.3) is 0 Å². The Bertz CT molecular complexity index is 423. The molecule has 2 N–H and O–H groups in total. The van der Waals surface area contributed by atoms with Gasteiger partial charge in [-0.15, -0.1) is 0 Å². The molecule has 3 heteroatoms. The number of hydrogen-bond donors (Lipinski definition) is 2. The zero-order valence-electron chi connectivity index (χ0n) is 9.02. The molecule has 2 aromatic rings. The lowest BCUT2D eigenvalue weighted by atomic mass is 10.1. The summed E-state index contributed by atoms with van der Waals surface area (Å²) >= 11 is 0. The summed E-state index contributed by atoms with van der Waals surface area (Å²) in [6.45, 7) is 1.68. The first-order chi connectivity index (χ1) is 7.88. The number of hydrogen-bond acceptors (Lipinski definition) is 3. The molecule has 0 aliphatic rings. The van der Waals surface area contributed by atoms with Crippen LogP contribution in [0.2, 0.25) is 0 Å². The van der Waals surface area contributed by atoms with Gasteiger partial charge in [0, 0.05) is 18.7 Å². The minimum absolute atomic E-state index is 0.0928. The van der Waals surface area contributed by atoms with Crippen molar-refractivity contribution in [1.29, 1.82) is 0 Å². The molecule has 0 aliphatic carbocycles. The van der Waals surface area contributed by atoms with E-state index in [1.807, 2.05) is 30.3 Å². The van der Waals surface area contributed by atoms with Gasteiger partial charge in [-0.05, 0) is 17.2 Å². The van der Waals surface area contributed by atoms with Crippen LogP contribution in [0.15, 0.2) is 47.3 Å². The number of furan rings is 1. The van der Waals surface area contributed by atoms with Gasteiger partial charge in [0.05, 0.1) is 19.1 Å². The summed E-state index contributed by atoms with van der Waals surface area (Å²) in [7, 11) is 0. The van der Waals surface area contributed by atoms with Crippen molar-refractivity contribution in [3.63, 3.8) is 0 Å². The number of aliphatic hydroxyl groups is 1. The van der Waals surface area contributed by atoms with Crippen LogP contribution in [0.4, 0.5) is 0 Å². The maximum Gasteiger partial charge on any atom is 0.0947 e. The highest BCUT2D eigenvalue weighted by atomic mass is 16.3. The molecule has 0 saturated heterocycles. The Morgan fingerprint density at radius 3 is 2.62 bits per heavy atom. The zero-order chi connectivity index (χ0) is 11.2. The molecule has 3 nitrogen and oxygen atoms in total. The smallest absolute Gasteiger partial charge is 0.0947 e. The lowest BCUT2D eigenvalue weighted by molar-refractivity contribution is 0.281. The Morgan fingerprint density at radius 2 is 1.88 bits per heavy atom. The third kappa shape index (κ3) is 2.95. The number of rotatable bonds is 5. The van der Waals surface area contributed by atoms with Gasteiger partial charge in [-0.3, -0.25) is 0 Å². The lowest BCUT2D eigenvalue weighted by Crippen LogP contribution is -2.12. The second-order valence-corrected chi connectivity index (χ2v) is 3.71. The summed E-state index contributed by atoms with van der Waals surface area (Å²) in [5.74, 6) is 0. The summed E-state index contributed by atoms with van der Waals surface area (Å²) < 4.78 is 4.98. The number of benzene rings is 1. The van der Waals surface area contributed by atoms with E-state index >= 15 is 0 Å². The van der Waals surface area contributed by atoms with E-state index in [2.05, 4.69) is 5.32 Å². The molecule has 0 aliphatic heterocycles. The van der Waals surface area contributed by atoms with Crippen molar-refractivity contribution in [1.82, 2.24) is 5.32 Å². The maximum atomic E-state index is 9.00. The van der Waals surface area contributed by atoms with Gasteiger partial charge in [0.15, 0.2) is 0 Å². The van der Waals surface area contributed by atoms with Gasteiger partial charge >= 0.3 is 0 Å². The molecular formula is C13H15NO2. The van der Waals surface area contributed by atoms with Crippen LogP contribution in [0.5, 0.6) is 0 Å². The highest BCUT2D eigenvalue weighted by molar-refractivity contribution is 5.22. The quantitative estimate of drug-likeness (QED) is 0.805. The van der Waals surface area contributed by atoms with Gasteiger partial charge in [-0.2, -0.15) is 0 Å². The Balaban J connectivity index is 1.85. The van der Waals surface area contributed by atoms with Crippen molar-refractivity contribution in [2.24, 2.45) is 0 Å². The molecule has 2 rings (SSSR count). The molecule has 0 bridgehead atoms. The summed E-state index contributed by atoms with van der Waals surface area (Å²) in [6, 6.07) is 9.86. The van der Waals surface area contributed by atoms with Crippen molar-refractivity contribution < 1.29 is 9.52 Å². The average molecular weight is 217 g/mol. The van der Waals surface area contributed by atoms with E-state index in [4.69, 9.17) is 9.52 Å². The zero-order valence-corrected chi connectivity index (χ0v) is 9.02. The molecule has 0 saturated carbocycles. The van der Waals surface area contributed by atoms with Gasteiger partial charge in [0.1, 0.15) is 0 Å². The van der Waals surface area contributed by atoms with Crippen LogP contribution in [0.1, 0.15) is 16.7 Å². The van der Waals surface area contributed by atoms with Crippen LogP contribution >= 0.6 is 0 Å². The Hall–Kier alpha value is -1.58. The van der Waals surface area contributed by atoms with E-state index in [1.54, 1.807) is 12.5 Å². The highest BCUT2D eigenvalue weighted by Crippen LogP contribution is 2.05. The third-order valence-corrected chi connectivity index (χ3v) is 2.41. The van der Waals surface area contributed by atoms with Crippen LogP contribution in [-0.4, -0.2) is 5.11 Å². The van der Waals surface area contributed by atoms with Crippen LogP contribution in [0.3, 0.4) is 0 Å². The molecule has 0 amide bonds. The topological polar surface area (TPSA) is 45.4 Å². The first-order valence-corrected chi connectivity index (χ1v) is 5.29. The van der Waals surface area contributed by atoms with E-state index in [0.717, 1.165) is 24.2 Å². The molecular weight excluding hydrogens is 202 g/mol. The Labute approximate surface area is 94.7 Å². The van der Waals surface area contributed by atoms with Crippen molar-refractivity contribution >= 4 is 0 Å². The monoisotopic (exact) mass is 217 g/mol. The summed E-state index contributed by atoms with van der Waals surface area (Å²) in [5, 5.41) is 12.3. The molecule has 0 unspecified atom stereocenters. The van der Waals surface area contributed by atoms with Crippen molar-refractivity contribution in [2.45, 2.75) is 19.7 Å². The average Bonchev–Trinajstić information content (AvgIpc) is 2.82. The lowest BCUT2D eigenvalue weighted by Gasteiger charge is -2.04. The first-order valence-electron chi connectivity index (χ1n) is 5.29. The predicted molar refractivity (Wildman–Crippen MR) is 61.6 cm³/mol. The summed E-state index contributed by atoms with van der Waals surface area (Å²) in [6.07, 6.45) is 3.40. The molecule has 1 aromatic carbocycles. The van der Waals surface area contributed by atoms with Crippen molar-refractivity contribution in [3.05, 3.63) is 59.5 Å². The van der Waals surface area contributed by atoms with Gasteiger partial charge < -0.3 is 14.8 Å². The number of aliphatic hydroxyl groups excluding tert-OH is 1. The van der Waals surface area contributed by atoms with Crippen LogP contribution in [0, 0.1) is 0 Å². The predicted octanol–water partition coefficient (Wildman–Crippen LogP) is 2.06. The molecule has 0 spiro atoms. The minimum Gasteiger partial charge on any atom is -0.472 e. The van der Waals surface area contributed by atoms with Crippen LogP contribution < -0.4 is 5.32 Å². The summed E-state index contributed by atoms with van der Waals surface area (Å²) in [5.41, 5.74) is 3.26. The fraction of sp³-hybridized carbons (Fsp3) is 0.231. The third-order valence-electron chi connectivity index (χ3n) is 2.41. The van der Waals surface area contributed by atoms with Gasteiger partial charge in [-0.25, -0.2) is 0 Å². The summed E-state index contributed by atoms with van der Waals surface area (Å²) in [4.78, 5) is 0. The minimum atomic E-state index is 0.0928. The molecule has 0 atom stereocenters. The fourth-order valence-electron chi connectivity index (χ4n) is 1.58. The van der Waals surface area contributed by atoms with Gasteiger partial charge in [-0.1, -0.05) is 24.3 Å². The SMILES string of the molecule is OCc1cccc(CNCc2ccoc2)c1. The standard InChI is InChI=1S/C13H15NO2/c15-9-12-3-1-2-11(6-12)7-14-8-13-4-5-16-10-13/h1-6,10,14-15H,7-9H2. The second-order valence-electron chi connectivity index (χ2n) is 3.71. The molecule has 16 heavy (non-hydrogen) atoms. The van der Waals surface area contributed by atoms with E-state index in [1.165, 1.54) is 5.56 Å². The second kappa shape index (κ2) is 5.49. The van der Waals surface area contributed by atoms with E-state index < -0.39 is 0 Å². The van der Waals surface area contributed by atoms with Crippen LogP contribution in [-0.2, 0) is 19.7 Å². The normalized spacial score (nSPS) is 10.6. The molecule has 84 valence electrons. The maximum absolute atomic E-state index is 9.00. The van der Waals surface area contributed by atoms with Crippen molar-refractivity contribution in [2.75, 3.05) is 0 Å². The largest absolute Gasteiger partial charge is 0.472 e. The molecule has 1 aromatic heterocycles. The van der Waals surface area contributed by atoms with Gasteiger partial charge in [0.2, 0.25) is 0 Å². The highest BCUT2D eigenvalue weighted by Gasteiger charge is 1.96.